The van der Waals surface area contributed by atoms with E-state index in [2.05, 4.69) is 18.7 Å². The lowest BCUT2D eigenvalue weighted by Crippen LogP contribution is -2.25. The predicted octanol–water partition coefficient (Wildman–Crippen LogP) is 2.15. The van der Waals surface area contributed by atoms with Gasteiger partial charge in [-0.15, -0.1) is 0 Å². The second-order valence-corrected chi connectivity index (χ2v) is 4.70. The van der Waals surface area contributed by atoms with Crippen LogP contribution in [0.1, 0.15) is 17.5 Å². The maximum absolute atomic E-state index is 11.9. The van der Waals surface area contributed by atoms with Crippen LogP contribution in [0, 0.1) is 24.2 Å². The highest BCUT2D eigenvalue weighted by Gasteiger charge is 2.31. The van der Waals surface area contributed by atoms with Gasteiger partial charge in [-0.05, 0) is 30.2 Å². The molecule has 3 nitrogen and oxygen atoms in total. The Kier molecular flexibility index (Phi) is 3.39. The number of amides is 1. The molecule has 1 aliphatic heterocycles. The first-order valence-electron chi connectivity index (χ1n) is 5.58. The smallest absolute Gasteiger partial charge is 0.227 e. The number of carbonyl (C=O) groups is 1. The molecule has 2 rings (SSSR count). The highest BCUT2D eigenvalue weighted by atomic mass is 32.1. The standard InChI is InChI=1S/C13H14N2OS/c1-9-3-2-4-12(11(9)6-14)15-7-10(8-17)5-13(15)16/h2-4,10,17H,5,7-8H2,1H3. The largest absolute Gasteiger partial charge is 0.311 e. The number of aryl methyl sites for hydroxylation is 1. The molecule has 1 aromatic rings. The van der Waals surface area contributed by atoms with Gasteiger partial charge >= 0.3 is 0 Å². The van der Waals surface area contributed by atoms with Crippen LogP contribution in [0.2, 0.25) is 0 Å². The number of hydrogen-bond donors (Lipinski definition) is 1. The average molecular weight is 246 g/mol. The van der Waals surface area contributed by atoms with Gasteiger partial charge in [0.2, 0.25) is 5.91 Å². The van der Waals surface area contributed by atoms with Crippen LogP contribution in [0.5, 0.6) is 0 Å². The summed E-state index contributed by atoms with van der Waals surface area (Å²) in [6, 6.07) is 7.79. The quantitative estimate of drug-likeness (QED) is 0.813. The third-order valence-corrected chi connectivity index (χ3v) is 3.63. The number of thiol groups is 1. The fourth-order valence-electron chi connectivity index (χ4n) is 2.16. The molecule has 1 unspecified atom stereocenters. The fraction of sp³-hybridized carbons (Fsp3) is 0.385. The van der Waals surface area contributed by atoms with Crippen LogP contribution in [0.15, 0.2) is 18.2 Å². The van der Waals surface area contributed by atoms with E-state index in [0.717, 1.165) is 11.3 Å². The maximum atomic E-state index is 11.9. The Morgan fingerprint density at radius 3 is 2.94 bits per heavy atom. The number of nitriles is 1. The minimum absolute atomic E-state index is 0.0890. The number of rotatable bonds is 2. The number of nitrogens with zero attached hydrogens (tertiary/aromatic N) is 2. The molecular formula is C13H14N2OS. The van der Waals surface area contributed by atoms with Gasteiger partial charge < -0.3 is 4.90 Å². The zero-order valence-corrected chi connectivity index (χ0v) is 10.6. The lowest BCUT2D eigenvalue weighted by molar-refractivity contribution is -0.117. The van der Waals surface area contributed by atoms with Crippen LogP contribution in [0.25, 0.3) is 0 Å². The van der Waals surface area contributed by atoms with Crippen molar-refractivity contribution < 1.29 is 4.79 Å². The summed E-state index contributed by atoms with van der Waals surface area (Å²) in [6.45, 7) is 2.55. The van der Waals surface area contributed by atoms with Crippen molar-refractivity contribution in [2.45, 2.75) is 13.3 Å². The van der Waals surface area contributed by atoms with Gasteiger partial charge in [0.1, 0.15) is 6.07 Å². The number of anilines is 1. The summed E-state index contributed by atoms with van der Waals surface area (Å²) in [7, 11) is 0. The van der Waals surface area contributed by atoms with Crippen molar-refractivity contribution in [3.8, 4) is 6.07 Å². The fourth-order valence-corrected chi connectivity index (χ4v) is 2.40. The van der Waals surface area contributed by atoms with E-state index in [1.54, 1.807) is 4.90 Å². The van der Waals surface area contributed by atoms with E-state index >= 15 is 0 Å². The maximum Gasteiger partial charge on any atom is 0.227 e. The third-order valence-electron chi connectivity index (χ3n) is 3.12. The molecule has 4 heteroatoms. The van der Waals surface area contributed by atoms with E-state index in [0.29, 0.717) is 24.3 Å². The van der Waals surface area contributed by atoms with Gasteiger partial charge in [0, 0.05) is 13.0 Å². The van der Waals surface area contributed by atoms with E-state index in [-0.39, 0.29) is 11.8 Å². The van der Waals surface area contributed by atoms with Crippen LogP contribution in [-0.4, -0.2) is 18.2 Å². The lowest BCUT2D eigenvalue weighted by Gasteiger charge is -2.18. The van der Waals surface area contributed by atoms with Gasteiger partial charge in [-0.3, -0.25) is 4.79 Å². The first-order chi connectivity index (χ1) is 8.17. The summed E-state index contributed by atoms with van der Waals surface area (Å²) in [5.74, 6) is 1.08. The van der Waals surface area contributed by atoms with E-state index in [1.807, 2.05) is 25.1 Å². The summed E-state index contributed by atoms with van der Waals surface area (Å²) in [5.41, 5.74) is 2.24. The van der Waals surface area contributed by atoms with Crippen LogP contribution in [-0.2, 0) is 4.79 Å². The summed E-state index contributed by atoms with van der Waals surface area (Å²) in [6.07, 6.45) is 0.530. The van der Waals surface area contributed by atoms with Gasteiger partial charge in [-0.25, -0.2) is 0 Å². The second kappa shape index (κ2) is 4.80. The average Bonchev–Trinajstić information content (AvgIpc) is 2.70. The zero-order chi connectivity index (χ0) is 12.4. The highest BCUT2D eigenvalue weighted by Crippen LogP contribution is 2.29. The second-order valence-electron chi connectivity index (χ2n) is 4.34. The molecule has 0 saturated carbocycles. The Balaban J connectivity index is 2.39. The summed E-state index contributed by atoms with van der Waals surface area (Å²) in [5, 5.41) is 9.17. The van der Waals surface area contributed by atoms with Crippen LogP contribution in [0.3, 0.4) is 0 Å². The molecule has 0 spiro atoms. The monoisotopic (exact) mass is 246 g/mol. The molecule has 1 aliphatic rings. The molecule has 0 radical (unpaired) electrons. The Hall–Kier alpha value is -1.47. The molecule has 1 heterocycles. The van der Waals surface area contributed by atoms with E-state index in [9.17, 15) is 4.79 Å². The third kappa shape index (κ3) is 2.16. The van der Waals surface area contributed by atoms with Crippen molar-refractivity contribution >= 4 is 24.2 Å². The first-order valence-corrected chi connectivity index (χ1v) is 6.21. The SMILES string of the molecule is Cc1cccc(N2CC(CS)CC2=O)c1C#N. The van der Waals surface area contributed by atoms with Gasteiger partial charge in [0.05, 0.1) is 11.3 Å². The normalized spacial score (nSPS) is 19.5. The lowest BCUT2D eigenvalue weighted by atomic mass is 10.1. The van der Waals surface area contributed by atoms with Crippen LogP contribution >= 0.6 is 12.6 Å². The van der Waals surface area contributed by atoms with Gasteiger partial charge in [0.25, 0.3) is 0 Å². The Labute approximate surface area is 106 Å². The van der Waals surface area contributed by atoms with Gasteiger partial charge in [0.15, 0.2) is 0 Å². The summed E-state index contributed by atoms with van der Waals surface area (Å²) >= 11 is 4.23. The van der Waals surface area contributed by atoms with Crippen LogP contribution < -0.4 is 4.90 Å². The van der Waals surface area contributed by atoms with Crippen LogP contribution in [0.4, 0.5) is 5.69 Å². The molecule has 0 aromatic heterocycles. The highest BCUT2D eigenvalue weighted by molar-refractivity contribution is 7.80. The molecule has 17 heavy (non-hydrogen) atoms. The van der Waals surface area contributed by atoms with E-state index < -0.39 is 0 Å². The molecule has 0 bridgehead atoms. The predicted molar refractivity (Wildman–Crippen MR) is 70.2 cm³/mol. The zero-order valence-electron chi connectivity index (χ0n) is 9.68. The summed E-state index contributed by atoms with van der Waals surface area (Å²) < 4.78 is 0. The van der Waals surface area contributed by atoms with Crippen molar-refractivity contribution in [3.63, 3.8) is 0 Å². The Morgan fingerprint density at radius 2 is 2.35 bits per heavy atom. The van der Waals surface area contributed by atoms with Gasteiger partial charge in [-0.1, -0.05) is 12.1 Å². The number of carbonyl (C=O) groups excluding carboxylic acids is 1. The number of hydrogen-bond acceptors (Lipinski definition) is 3. The molecule has 0 N–H and O–H groups in total. The Morgan fingerprint density at radius 1 is 1.59 bits per heavy atom. The van der Waals surface area contributed by atoms with E-state index in [1.165, 1.54) is 0 Å². The summed E-state index contributed by atoms with van der Waals surface area (Å²) in [4.78, 5) is 13.6. The van der Waals surface area contributed by atoms with Crippen molar-refractivity contribution in [2.24, 2.45) is 5.92 Å². The Bertz CT molecular complexity index is 493. The molecule has 1 fully saturated rings. The molecule has 88 valence electrons. The van der Waals surface area contributed by atoms with Gasteiger partial charge in [-0.2, -0.15) is 17.9 Å². The molecule has 0 aliphatic carbocycles. The minimum Gasteiger partial charge on any atom is -0.311 e. The van der Waals surface area contributed by atoms with Crippen molar-refractivity contribution in [1.29, 1.82) is 5.26 Å². The minimum atomic E-state index is 0.0890. The molecule has 1 amide bonds. The first kappa shape index (κ1) is 12.0. The van der Waals surface area contributed by atoms with Crippen molar-refractivity contribution in [1.82, 2.24) is 0 Å². The van der Waals surface area contributed by atoms with Crippen molar-refractivity contribution in [3.05, 3.63) is 29.3 Å². The molecular weight excluding hydrogens is 232 g/mol. The molecule has 1 atom stereocenters. The topological polar surface area (TPSA) is 44.1 Å². The van der Waals surface area contributed by atoms with E-state index in [4.69, 9.17) is 5.26 Å². The number of benzene rings is 1. The van der Waals surface area contributed by atoms with Crippen molar-refractivity contribution in [2.75, 3.05) is 17.2 Å². The molecule has 1 aromatic carbocycles. The molecule has 1 saturated heterocycles.